The third-order valence-electron chi connectivity index (χ3n) is 4.20. The summed E-state index contributed by atoms with van der Waals surface area (Å²) in [4.78, 5) is 0. The maximum Gasteiger partial charge on any atom is 0.261 e. The Kier molecular flexibility index (Phi) is 6.35. The van der Waals surface area contributed by atoms with E-state index in [4.69, 9.17) is 14.9 Å². The molecule has 24 heavy (non-hydrogen) atoms. The van der Waals surface area contributed by atoms with E-state index < -0.39 is 8.32 Å². The van der Waals surface area contributed by atoms with Crippen LogP contribution in [-0.2, 0) is 9.16 Å². The molecular formula is C20H29NO2Si. The Labute approximate surface area is 146 Å². The highest BCUT2D eigenvalue weighted by Crippen LogP contribution is 2.36. The Morgan fingerprint density at radius 1 is 0.875 bits per heavy atom. The molecule has 3 nitrogen and oxygen atoms in total. The monoisotopic (exact) mass is 343 g/mol. The van der Waals surface area contributed by atoms with Gasteiger partial charge in [-0.2, -0.15) is 0 Å². The topological polar surface area (TPSA) is 44.5 Å². The van der Waals surface area contributed by atoms with Gasteiger partial charge in [0, 0.05) is 0 Å². The summed E-state index contributed by atoms with van der Waals surface area (Å²) in [5, 5.41) is 2.55. The minimum Gasteiger partial charge on any atom is -0.405 e. The van der Waals surface area contributed by atoms with Crippen molar-refractivity contribution in [3.8, 4) is 0 Å². The van der Waals surface area contributed by atoms with Gasteiger partial charge in [0.25, 0.3) is 8.32 Å². The molecule has 130 valence electrons. The minimum absolute atomic E-state index is 0.00988. The summed E-state index contributed by atoms with van der Waals surface area (Å²) >= 11 is 0. The standard InChI is InChI=1S/C20H29NO2Si/c1-17(21)22-15-16-23-24(20(2,3)4,18-11-7-5-8-12-18)19-13-9-6-10-14-19/h5-14,17H,15-16,21H2,1-4H3. The van der Waals surface area contributed by atoms with Crippen LogP contribution in [0, 0.1) is 0 Å². The zero-order valence-corrected chi connectivity index (χ0v) is 16.2. The second-order valence-electron chi connectivity index (χ2n) is 7.09. The zero-order chi connectivity index (χ0) is 17.6. The first-order valence-corrected chi connectivity index (χ1v) is 10.4. The van der Waals surface area contributed by atoms with Crippen LogP contribution in [0.4, 0.5) is 0 Å². The summed E-state index contributed by atoms with van der Waals surface area (Å²) in [6, 6.07) is 21.2. The van der Waals surface area contributed by atoms with Gasteiger partial charge in [-0.05, 0) is 22.3 Å². The normalized spacial score (nSPS) is 13.7. The SMILES string of the molecule is CC(N)OCCO[Si](c1ccccc1)(c1ccccc1)C(C)(C)C. The molecule has 0 radical (unpaired) electrons. The third kappa shape index (κ3) is 4.14. The van der Waals surface area contributed by atoms with Gasteiger partial charge in [-0.15, -0.1) is 0 Å². The van der Waals surface area contributed by atoms with Crippen LogP contribution in [0.5, 0.6) is 0 Å². The second kappa shape index (κ2) is 8.08. The molecule has 0 aliphatic heterocycles. The van der Waals surface area contributed by atoms with E-state index in [1.807, 2.05) is 6.92 Å². The van der Waals surface area contributed by atoms with Crippen LogP contribution < -0.4 is 16.1 Å². The van der Waals surface area contributed by atoms with Crippen LogP contribution in [0.1, 0.15) is 27.7 Å². The maximum absolute atomic E-state index is 6.68. The van der Waals surface area contributed by atoms with Gasteiger partial charge in [0.1, 0.15) is 6.23 Å². The molecule has 0 bridgehead atoms. The highest BCUT2D eigenvalue weighted by atomic mass is 28.4. The molecule has 1 atom stereocenters. The van der Waals surface area contributed by atoms with Gasteiger partial charge in [0.2, 0.25) is 0 Å². The van der Waals surface area contributed by atoms with Crippen molar-refractivity contribution in [1.82, 2.24) is 0 Å². The molecule has 2 rings (SSSR count). The highest BCUT2D eigenvalue weighted by Gasteiger charge is 2.49. The van der Waals surface area contributed by atoms with E-state index in [0.717, 1.165) is 0 Å². The molecule has 2 aromatic rings. The minimum atomic E-state index is -2.44. The van der Waals surface area contributed by atoms with Gasteiger partial charge >= 0.3 is 0 Å². The first-order chi connectivity index (χ1) is 11.4. The summed E-state index contributed by atoms with van der Waals surface area (Å²) in [6.07, 6.45) is -0.271. The van der Waals surface area contributed by atoms with E-state index in [2.05, 4.69) is 81.4 Å². The van der Waals surface area contributed by atoms with E-state index in [1.54, 1.807) is 0 Å². The predicted octanol–water partition coefficient (Wildman–Crippen LogP) is 2.88. The van der Waals surface area contributed by atoms with Crippen molar-refractivity contribution in [3.05, 3.63) is 60.7 Å². The largest absolute Gasteiger partial charge is 0.405 e. The fourth-order valence-electron chi connectivity index (χ4n) is 3.19. The lowest BCUT2D eigenvalue weighted by atomic mass is 10.2. The van der Waals surface area contributed by atoms with Crippen LogP contribution >= 0.6 is 0 Å². The molecule has 0 aliphatic carbocycles. The molecule has 0 amide bonds. The number of hydrogen-bond donors (Lipinski definition) is 1. The van der Waals surface area contributed by atoms with Crippen molar-refractivity contribution < 1.29 is 9.16 Å². The first kappa shape index (κ1) is 18.9. The second-order valence-corrected chi connectivity index (χ2v) is 11.4. The highest BCUT2D eigenvalue weighted by molar-refractivity contribution is 6.99. The molecular weight excluding hydrogens is 314 g/mol. The van der Waals surface area contributed by atoms with E-state index in [9.17, 15) is 0 Å². The Hall–Kier alpha value is -1.46. The van der Waals surface area contributed by atoms with Gasteiger partial charge < -0.3 is 14.9 Å². The number of hydrogen-bond acceptors (Lipinski definition) is 3. The quantitative estimate of drug-likeness (QED) is 0.478. The summed E-state index contributed by atoms with van der Waals surface area (Å²) in [7, 11) is -2.44. The van der Waals surface area contributed by atoms with Gasteiger partial charge in [-0.25, -0.2) is 0 Å². The molecule has 0 aromatic heterocycles. The Bertz CT molecular complexity index is 569. The Balaban J connectivity index is 2.45. The van der Waals surface area contributed by atoms with Gasteiger partial charge in [-0.1, -0.05) is 81.4 Å². The first-order valence-electron chi connectivity index (χ1n) is 8.50. The molecule has 4 heteroatoms. The number of nitrogens with two attached hydrogens (primary N) is 1. The average molecular weight is 344 g/mol. The van der Waals surface area contributed by atoms with E-state index >= 15 is 0 Å². The summed E-state index contributed by atoms with van der Waals surface area (Å²) in [6.45, 7) is 9.68. The maximum atomic E-state index is 6.68. The summed E-state index contributed by atoms with van der Waals surface area (Å²) in [5.74, 6) is 0. The fraction of sp³-hybridized carbons (Fsp3) is 0.400. The molecule has 1 unspecified atom stereocenters. The predicted molar refractivity (Wildman–Crippen MR) is 103 cm³/mol. The molecule has 0 spiro atoms. The lowest BCUT2D eigenvalue weighted by Gasteiger charge is -2.43. The number of ether oxygens (including phenoxy) is 1. The average Bonchev–Trinajstić information content (AvgIpc) is 2.55. The fourth-order valence-corrected chi connectivity index (χ4v) is 7.74. The van der Waals surface area contributed by atoms with Crippen LogP contribution in [-0.4, -0.2) is 27.8 Å². The summed E-state index contributed by atoms with van der Waals surface area (Å²) < 4.78 is 12.2. The molecule has 2 aromatic carbocycles. The van der Waals surface area contributed by atoms with Gasteiger partial charge in [0.15, 0.2) is 0 Å². The summed E-state index contributed by atoms with van der Waals surface area (Å²) in [5.41, 5.74) is 5.68. The smallest absolute Gasteiger partial charge is 0.261 e. The van der Waals surface area contributed by atoms with Gasteiger partial charge in [-0.3, -0.25) is 0 Å². The van der Waals surface area contributed by atoms with Gasteiger partial charge in [0.05, 0.1) is 13.2 Å². The molecule has 0 heterocycles. The Morgan fingerprint density at radius 2 is 1.33 bits per heavy atom. The van der Waals surface area contributed by atoms with E-state index in [-0.39, 0.29) is 11.3 Å². The van der Waals surface area contributed by atoms with Crippen LogP contribution in [0.2, 0.25) is 5.04 Å². The number of benzene rings is 2. The van der Waals surface area contributed by atoms with Crippen molar-refractivity contribution in [3.63, 3.8) is 0 Å². The number of rotatable bonds is 7. The van der Waals surface area contributed by atoms with Crippen molar-refractivity contribution in [2.75, 3.05) is 13.2 Å². The molecule has 0 saturated carbocycles. The third-order valence-corrected chi connectivity index (χ3v) is 9.24. The van der Waals surface area contributed by atoms with Crippen molar-refractivity contribution in [2.24, 2.45) is 5.73 Å². The van der Waals surface area contributed by atoms with Crippen LogP contribution in [0.25, 0.3) is 0 Å². The Morgan fingerprint density at radius 3 is 1.71 bits per heavy atom. The molecule has 0 fully saturated rings. The molecule has 0 saturated heterocycles. The van der Waals surface area contributed by atoms with Crippen molar-refractivity contribution in [2.45, 2.75) is 39.0 Å². The van der Waals surface area contributed by atoms with Crippen molar-refractivity contribution in [1.29, 1.82) is 0 Å². The lowest BCUT2D eigenvalue weighted by molar-refractivity contribution is 0.0463. The van der Waals surface area contributed by atoms with E-state index in [1.165, 1.54) is 10.4 Å². The van der Waals surface area contributed by atoms with Crippen LogP contribution in [0.15, 0.2) is 60.7 Å². The zero-order valence-electron chi connectivity index (χ0n) is 15.2. The molecule has 0 aliphatic rings. The lowest BCUT2D eigenvalue weighted by Crippen LogP contribution is -2.66. The van der Waals surface area contributed by atoms with Crippen LogP contribution in [0.3, 0.4) is 0 Å². The molecule has 2 N–H and O–H groups in total. The van der Waals surface area contributed by atoms with E-state index in [0.29, 0.717) is 13.2 Å². The van der Waals surface area contributed by atoms with Crippen molar-refractivity contribution >= 4 is 18.7 Å².